The number of alkyl halides is 3. The lowest BCUT2D eigenvalue weighted by atomic mass is 10.1. The second kappa shape index (κ2) is 5.32. The summed E-state index contributed by atoms with van der Waals surface area (Å²) in [6.07, 6.45) is -4.57. The molecule has 7 heteroatoms. The molecule has 0 fully saturated rings. The number of nitriles is 1. The van der Waals surface area contributed by atoms with Gasteiger partial charge in [0.05, 0.1) is 11.1 Å². The summed E-state index contributed by atoms with van der Waals surface area (Å²) in [5.74, 6) is -0.698. The van der Waals surface area contributed by atoms with Gasteiger partial charge in [-0.1, -0.05) is 0 Å². The Kier molecular flexibility index (Phi) is 3.72. The van der Waals surface area contributed by atoms with Crippen molar-refractivity contribution in [2.45, 2.75) is 6.18 Å². The van der Waals surface area contributed by atoms with Crippen molar-refractivity contribution in [3.8, 4) is 6.07 Å². The van der Waals surface area contributed by atoms with Crippen LogP contribution in [0.3, 0.4) is 0 Å². The number of anilines is 3. The fraction of sp³-hybridized carbons (Fsp3) is 0.0714. The quantitative estimate of drug-likeness (QED) is 0.649. The number of rotatable bonds is 2. The number of halogens is 4. The van der Waals surface area contributed by atoms with Crippen molar-refractivity contribution in [1.82, 2.24) is 0 Å². The topological polar surface area (TPSA) is 61.8 Å². The van der Waals surface area contributed by atoms with Gasteiger partial charge in [-0.05, 0) is 36.4 Å². The molecule has 2 aromatic carbocycles. The molecular weight excluding hydrogens is 286 g/mol. The van der Waals surface area contributed by atoms with Crippen LogP contribution in [0.15, 0.2) is 36.4 Å². The SMILES string of the molecule is N#Cc1cc(Nc2ccc(N)c(C(F)(F)F)c2)ccc1F. The summed E-state index contributed by atoms with van der Waals surface area (Å²) in [6.45, 7) is 0. The summed E-state index contributed by atoms with van der Waals surface area (Å²) in [6, 6.07) is 8.57. The number of hydrogen-bond acceptors (Lipinski definition) is 3. The summed E-state index contributed by atoms with van der Waals surface area (Å²) in [7, 11) is 0. The largest absolute Gasteiger partial charge is 0.418 e. The van der Waals surface area contributed by atoms with Crippen molar-refractivity contribution in [3.63, 3.8) is 0 Å². The van der Waals surface area contributed by atoms with Crippen molar-refractivity contribution in [3.05, 3.63) is 53.3 Å². The number of nitrogens with one attached hydrogen (secondary N) is 1. The highest BCUT2D eigenvalue weighted by Gasteiger charge is 2.33. The van der Waals surface area contributed by atoms with E-state index in [9.17, 15) is 17.6 Å². The van der Waals surface area contributed by atoms with Crippen LogP contribution in [0.4, 0.5) is 34.6 Å². The number of nitrogen functional groups attached to an aromatic ring is 1. The van der Waals surface area contributed by atoms with Crippen LogP contribution in [0.2, 0.25) is 0 Å². The Balaban J connectivity index is 2.35. The molecule has 0 saturated heterocycles. The lowest BCUT2D eigenvalue weighted by Gasteiger charge is -2.13. The molecular formula is C14H9F4N3. The molecule has 0 bridgehead atoms. The van der Waals surface area contributed by atoms with Gasteiger partial charge < -0.3 is 11.1 Å². The predicted octanol–water partition coefficient (Wildman–Crippen LogP) is 4.04. The van der Waals surface area contributed by atoms with Crippen LogP contribution in [0.25, 0.3) is 0 Å². The number of nitrogens with two attached hydrogens (primary N) is 1. The summed E-state index contributed by atoms with van der Waals surface area (Å²) < 4.78 is 51.4. The first kappa shape index (κ1) is 14.7. The van der Waals surface area contributed by atoms with E-state index < -0.39 is 17.6 Å². The molecule has 108 valence electrons. The Labute approximate surface area is 117 Å². The van der Waals surface area contributed by atoms with Gasteiger partial charge in [-0.25, -0.2) is 4.39 Å². The minimum absolute atomic E-state index is 0.132. The zero-order valence-electron chi connectivity index (χ0n) is 10.5. The predicted molar refractivity (Wildman–Crippen MR) is 70.3 cm³/mol. The Hall–Kier alpha value is -2.75. The number of hydrogen-bond donors (Lipinski definition) is 2. The molecule has 0 aliphatic rings. The number of nitrogens with zero attached hydrogens (tertiary/aromatic N) is 1. The second-order valence-electron chi connectivity index (χ2n) is 4.23. The number of benzene rings is 2. The van der Waals surface area contributed by atoms with E-state index in [-0.39, 0.29) is 16.9 Å². The summed E-state index contributed by atoms with van der Waals surface area (Å²) in [5.41, 5.74) is 4.17. The van der Waals surface area contributed by atoms with Gasteiger partial charge in [0.25, 0.3) is 0 Å². The zero-order chi connectivity index (χ0) is 15.6. The minimum atomic E-state index is -4.57. The molecule has 2 rings (SSSR count). The van der Waals surface area contributed by atoms with Gasteiger partial charge in [-0.2, -0.15) is 18.4 Å². The maximum absolute atomic E-state index is 13.2. The molecule has 0 aromatic heterocycles. The molecule has 0 amide bonds. The van der Waals surface area contributed by atoms with Crippen LogP contribution in [0, 0.1) is 17.1 Å². The van der Waals surface area contributed by atoms with Crippen molar-refractivity contribution in [2.75, 3.05) is 11.1 Å². The molecule has 0 aliphatic heterocycles. The lowest BCUT2D eigenvalue weighted by Crippen LogP contribution is -2.09. The fourth-order valence-corrected chi connectivity index (χ4v) is 1.73. The monoisotopic (exact) mass is 295 g/mol. The average Bonchev–Trinajstić information content (AvgIpc) is 2.42. The Bertz CT molecular complexity index is 717. The van der Waals surface area contributed by atoms with Gasteiger partial charge in [0, 0.05) is 17.1 Å². The third kappa shape index (κ3) is 3.23. The first-order valence-electron chi connectivity index (χ1n) is 5.74. The molecule has 21 heavy (non-hydrogen) atoms. The van der Waals surface area contributed by atoms with Crippen molar-refractivity contribution >= 4 is 17.1 Å². The molecule has 3 N–H and O–H groups in total. The molecule has 0 atom stereocenters. The Morgan fingerprint density at radius 2 is 1.67 bits per heavy atom. The second-order valence-corrected chi connectivity index (χ2v) is 4.23. The van der Waals surface area contributed by atoms with E-state index in [1.165, 1.54) is 18.2 Å². The summed E-state index contributed by atoms with van der Waals surface area (Å²) in [4.78, 5) is 0. The lowest BCUT2D eigenvalue weighted by molar-refractivity contribution is -0.136. The van der Waals surface area contributed by atoms with E-state index in [1.807, 2.05) is 0 Å². The highest BCUT2D eigenvalue weighted by atomic mass is 19.4. The highest BCUT2D eigenvalue weighted by molar-refractivity contribution is 5.66. The Morgan fingerprint density at radius 3 is 2.29 bits per heavy atom. The molecule has 0 radical (unpaired) electrons. The smallest absolute Gasteiger partial charge is 0.398 e. The van der Waals surface area contributed by atoms with Crippen LogP contribution < -0.4 is 11.1 Å². The molecule has 2 aromatic rings. The standard InChI is InChI=1S/C14H9F4N3/c15-12-3-1-9(5-8(12)7-19)21-10-2-4-13(20)11(6-10)14(16,17)18/h1-6,21H,20H2. The maximum atomic E-state index is 13.2. The van der Waals surface area contributed by atoms with Crippen LogP contribution in [-0.4, -0.2) is 0 Å². The molecule has 0 aliphatic carbocycles. The minimum Gasteiger partial charge on any atom is -0.398 e. The maximum Gasteiger partial charge on any atom is 0.418 e. The van der Waals surface area contributed by atoms with Gasteiger partial charge in [0.2, 0.25) is 0 Å². The van der Waals surface area contributed by atoms with E-state index in [0.29, 0.717) is 5.69 Å². The molecule has 0 saturated carbocycles. The molecule has 0 heterocycles. The van der Waals surface area contributed by atoms with Gasteiger partial charge >= 0.3 is 6.18 Å². The summed E-state index contributed by atoms with van der Waals surface area (Å²) >= 11 is 0. The normalized spacial score (nSPS) is 11.0. The van der Waals surface area contributed by atoms with Crippen LogP contribution in [0.5, 0.6) is 0 Å². The molecule has 3 nitrogen and oxygen atoms in total. The van der Waals surface area contributed by atoms with Gasteiger partial charge in [0.1, 0.15) is 11.9 Å². The van der Waals surface area contributed by atoms with E-state index >= 15 is 0 Å². The Morgan fingerprint density at radius 1 is 1.05 bits per heavy atom. The third-order valence-corrected chi connectivity index (χ3v) is 2.73. The van der Waals surface area contributed by atoms with Crippen LogP contribution in [-0.2, 0) is 6.18 Å². The molecule has 0 spiro atoms. The fourth-order valence-electron chi connectivity index (χ4n) is 1.73. The van der Waals surface area contributed by atoms with E-state index in [4.69, 9.17) is 11.0 Å². The van der Waals surface area contributed by atoms with E-state index in [2.05, 4.69) is 5.32 Å². The van der Waals surface area contributed by atoms with Gasteiger partial charge in [0.15, 0.2) is 0 Å². The van der Waals surface area contributed by atoms with Crippen molar-refractivity contribution in [1.29, 1.82) is 5.26 Å². The van der Waals surface area contributed by atoms with Crippen LogP contribution >= 0.6 is 0 Å². The van der Waals surface area contributed by atoms with Gasteiger partial charge in [-0.3, -0.25) is 0 Å². The van der Waals surface area contributed by atoms with Crippen molar-refractivity contribution < 1.29 is 17.6 Å². The first-order valence-corrected chi connectivity index (χ1v) is 5.74. The van der Waals surface area contributed by atoms with Gasteiger partial charge in [-0.15, -0.1) is 0 Å². The average molecular weight is 295 g/mol. The first-order chi connectivity index (χ1) is 9.81. The van der Waals surface area contributed by atoms with Crippen molar-refractivity contribution in [2.24, 2.45) is 0 Å². The van der Waals surface area contributed by atoms with Crippen LogP contribution in [0.1, 0.15) is 11.1 Å². The molecule has 0 unspecified atom stereocenters. The summed E-state index contributed by atoms with van der Waals surface area (Å²) in [5, 5.41) is 11.4. The zero-order valence-corrected chi connectivity index (χ0v) is 10.5. The third-order valence-electron chi connectivity index (χ3n) is 2.73. The highest BCUT2D eigenvalue weighted by Crippen LogP contribution is 2.35. The van der Waals surface area contributed by atoms with E-state index in [0.717, 1.165) is 18.2 Å². The van der Waals surface area contributed by atoms with E-state index in [1.54, 1.807) is 6.07 Å².